The Hall–Kier alpha value is -4.07. The van der Waals surface area contributed by atoms with E-state index in [2.05, 4.69) is 20.1 Å². The van der Waals surface area contributed by atoms with Gasteiger partial charge in [-0.15, -0.1) is 0 Å². The largest absolute Gasteiger partial charge is 0.493 e. The molecular weight excluding hydrogens is 373 g/mol. The zero-order valence-corrected chi connectivity index (χ0v) is 15.0. The van der Waals surface area contributed by atoms with Crippen molar-refractivity contribution in [3.05, 3.63) is 78.5 Å². The van der Waals surface area contributed by atoms with Crippen LogP contribution in [0.4, 0.5) is 4.39 Å². The zero-order chi connectivity index (χ0) is 19.8. The Morgan fingerprint density at radius 1 is 1.03 bits per heavy atom. The van der Waals surface area contributed by atoms with Crippen LogP contribution in [0.3, 0.4) is 0 Å². The van der Waals surface area contributed by atoms with E-state index < -0.39 is 0 Å². The van der Waals surface area contributed by atoms with E-state index in [0.29, 0.717) is 28.8 Å². The molecule has 0 atom stereocenters. The number of fused-ring (bicyclic) bond motifs is 2. The molecule has 3 heterocycles. The Bertz CT molecular complexity index is 1350. The van der Waals surface area contributed by atoms with Crippen LogP contribution in [0, 0.1) is 5.82 Å². The second kappa shape index (κ2) is 6.83. The third kappa shape index (κ3) is 3.20. The van der Waals surface area contributed by atoms with E-state index in [9.17, 15) is 9.50 Å². The van der Waals surface area contributed by atoms with Crippen molar-refractivity contribution >= 4 is 21.8 Å². The van der Waals surface area contributed by atoms with Gasteiger partial charge in [0.1, 0.15) is 11.6 Å². The molecule has 29 heavy (non-hydrogen) atoms. The van der Waals surface area contributed by atoms with Crippen molar-refractivity contribution in [2.75, 3.05) is 0 Å². The van der Waals surface area contributed by atoms with E-state index in [4.69, 9.17) is 4.74 Å². The molecular formula is C21H14FN5O2. The lowest BCUT2D eigenvalue weighted by Crippen LogP contribution is -2.03. The SMILES string of the molecule is Oc1nc(Oc2ccc3c(cnn3Cc3ccccc3F)c2)nc2cnccc12. The highest BCUT2D eigenvalue weighted by Crippen LogP contribution is 2.28. The molecule has 0 aliphatic carbocycles. The van der Waals surface area contributed by atoms with Gasteiger partial charge < -0.3 is 9.84 Å². The van der Waals surface area contributed by atoms with Crippen molar-refractivity contribution in [3.63, 3.8) is 0 Å². The van der Waals surface area contributed by atoms with Gasteiger partial charge in [0, 0.05) is 17.1 Å². The van der Waals surface area contributed by atoms with E-state index in [1.807, 2.05) is 6.07 Å². The lowest BCUT2D eigenvalue weighted by Gasteiger charge is -2.07. The van der Waals surface area contributed by atoms with Crippen molar-refractivity contribution in [3.8, 4) is 17.6 Å². The molecule has 1 N–H and O–H groups in total. The standard InChI is InChI=1S/C21H14FN5O2/c22-17-4-2-1-3-13(17)12-27-19-6-5-15(9-14(19)10-24-27)29-21-25-18-11-23-8-7-16(18)20(28)26-21/h1-11H,12H2,(H,25,26,28). The maximum absolute atomic E-state index is 13.9. The van der Waals surface area contributed by atoms with Crippen molar-refractivity contribution < 1.29 is 14.2 Å². The topological polar surface area (TPSA) is 86.0 Å². The Morgan fingerprint density at radius 2 is 1.93 bits per heavy atom. The maximum Gasteiger partial charge on any atom is 0.325 e. The van der Waals surface area contributed by atoms with Gasteiger partial charge in [0.2, 0.25) is 5.88 Å². The van der Waals surface area contributed by atoms with Gasteiger partial charge in [-0.2, -0.15) is 15.1 Å². The Morgan fingerprint density at radius 3 is 2.83 bits per heavy atom. The number of hydrogen-bond donors (Lipinski definition) is 1. The summed E-state index contributed by atoms with van der Waals surface area (Å²) < 4.78 is 21.4. The summed E-state index contributed by atoms with van der Waals surface area (Å²) in [7, 11) is 0. The quantitative estimate of drug-likeness (QED) is 0.501. The highest BCUT2D eigenvalue weighted by atomic mass is 19.1. The first-order chi connectivity index (χ1) is 14.2. The lowest BCUT2D eigenvalue weighted by atomic mass is 10.2. The summed E-state index contributed by atoms with van der Waals surface area (Å²) in [5.74, 6) is 0.0515. The molecule has 0 aliphatic heterocycles. The minimum atomic E-state index is -0.265. The number of halogens is 1. The Labute approximate surface area is 164 Å². The van der Waals surface area contributed by atoms with Crippen LogP contribution in [0.25, 0.3) is 21.8 Å². The number of aromatic nitrogens is 5. The summed E-state index contributed by atoms with van der Waals surface area (Å²) in [6, 6.07) is 13.6. The molecule has 0 radical (unpaired) electrons. The monoisotopic (exact) mass is 387 g/mol. The van der Waals surface area contributed by atoms with Gasteiger partial charge >= 0.3 is 6.01 Å². The van der Waals surface area contributed by atoms with Crippen molar-refractivity contribution in [2.24, 2.45) is 0 Å². The molecule has 5 rings (SSSR count). The molecule has 0 aliphatic rings. The van der Waals surface area contributed by atoms with Crippen LogP contribution in [0.15, 0.2) is 67.1 Å². The molecule has 3 aromatic heterocycles. The van der Waals surface area contributed by atoms with Crippen molar-refractivity contribution in [1.29, 1.82) is 0 Å². The molecule has 0 saturated carbocycles. The first-order valence-electron chi connectivity index (χ1n) is 8.85. The van der Waals surface area contributed by atoms with Crippen LogP contribution < -0.4 is 4.74 Å². The third-order valence-corrected chi connectivity index (χ3v) is 4.56. The summed E-state index contributed by atoms with van der Waals surface area (Å²) >= 11 is 0. The number of aromatic hydroxyl groups is 1. The third-order valence-electron chi connectivity index (χ3n) is 4.56. The minimum absolute atomic E-state index is 0.0149. The lowest BCUT2D eigenvalue weighted by molar-refractivity contribution is 0.412. The van der Waals surface area contributed by atoms with Gasteiger partial charge in [0.25, 0.3) is 0 Å². The molecule has 5 aromatic rings. The maximum atomic E-state index is 13.9. The van der Waals surface area contributed by atoms with E-state index in [0.717, 1.165) is 10.9 Å². The van der Waals surface area contributed by atoms with Crippen LogP contribution in [-0.4, -0.2) is 29.8 Å². The molecule has 0 fully saturated rings. The van der Waals surface area contributed by atoms with Gasteiger partial charge in [0.15, 0.2) is 0 Å². The van der Waals surface area contributed by atoms with E-state index in [-0.39, 0.29) is 17.7 Å². The van der Waals surface area contributed by atoms with Crippen molar-refractivity contribution in [1.82, 2.24) is 24.7 Å². The summed E-state index contributed by atoms with van der Waals surface area (Å²) in [6.45, 7) is 0.324. The van der Waals surface area contributed by atoms with Gasteiger partial charge in [-0.05, 0) is 30.3 Å². The van der Waals surface area contributed by atoms with Crippen LogP contribution in [0.5, 0.6) is 17.6 Å². The fourth-order valence-electron chi connectivity index (χ4n) is 3.14. The number of ether oxygens (including phenoxy) is 1. The summed E-state index contributed by atoms with van der Waals surface area (Å²) in [4.78, 5) is 12.2. The highest BCUT2D eigenvalue weighted by molar-refractivity contribution is 5.82. The normalized spacial score (nSPS) is 11.2. The second-order valence-electron chi connectivity index (χ2n) is 6.44. The van der Waals surface area contributed by atoms with Gasteiger partial charge in [-0.25, -0.2) is 4.39 Å². The van der Waals surface area contributed by atoms with E-state index in [1.54, 1.807) is 53.5 Å². The average Bonchev–Trinajstić information content (AvgIpc) is 3.12. The van der Waals surface area contributed by atoms with Gasteiger partial charge in [-0.1, -0.05) is 18.2 Å². The number of benzene rings is 2. The van der Waals surface area contributed by atoms with E-state index >= 15 is 0 Å². The highest BCUT2D eigenvalue weighted by Gasteiger charge is 2.11. The molecule has 142 valence electrons. The molecule has 7 nitrogen and oxygen atoms in total. The number of hydrogen-bond acceptors (Lipinski definition) is 6. The first kappa shape index (κ1) is 17.1. The molecule has 0 saturated heterocycles. The number of pyridine rings is 1. The molecule has 8 heteroatoms. The fourth-order valence-corrected chi connectivity index (χ4v) is 3.14. The Kier molecular flexibility index (Phi) is 4.02. The average molecular weight is 387 g/mol. The van der Waals surface area contributed by atoms with E-state index in [1.165, 1.54) is 12.3 Å². The van der Waals surface area contributed by atoms with Crippen LogP contribution in [0.1, 0.15) is 5.56 Å². The predicted octanol–water partition coefficient (Wildman–Crippen LogP) is 4.06. The molecule has 0 amide bonds. The molecule has 2 aromatic carbocycles. The smallest absolute Gasteiger partial charge is 0.325 e. The number of rotatable bonds is 4. The summed E-state index contributed by atoms with van der Waals surface area (Å²) in [5, 5.41) is 15.7. The molecule has 0 bridgehead atoms. The van der Waals surface area contributed by atoms with Crippen LogP contribution in [-0.2, 0) is 6.54 Å². The number of nitrogens with zero attached hydrogens (tertiary/aromatic N) is 5. The van der Waals surface area contributed by atoms with Gasteiger partial charge in [0.05, 0.1) is 35.4 Å². The fraction of sp³-hybridized carbons (Fsp3) is 0.0476. The minimum Gasteiger partial charge on any atom is -0.493 e. The van der Waals surface area contributed by atoms with Crippen molar-refractivity contribution in [2.45, 2.75) is 6.54 Å². The Balaban J connectivity index is 1.45. The molecule has 0 unspecified atom stereocenters. The summed E-state index contributed by atoms with van der Waals surface area (Å²) in [5.41, 5.74) is 1.88. The summed E-state index contributed by atoms with van der Waals surface area (Å²) in [6.07, 6.45) is 4.77. The molecule has 0 spiro atoms. The second-order valence-corrected chi connectivity index (χ2v) is 6.44. The van der Waals surface area contributed by atoms with Gasteiger partial charge in [-0.3, -0.25) is 9.67 Å². The van der Waals surface area contributed by atoms with Crippen LogP contribution in [0.2, 0.25) is 0 Å². The van der Waals surface area contributed by atoms with Crippen LogP contribution >= 0.6 is 0 Å². The zero-order valence-electron chi connectivity index (χ0n) is 15.0. The first-order valence-corrected chi connectivity index (χ1v) is 8.85. The predicted molar refractivity (Wildman–Crippen MR) is 104 cm³/mol.